The number of aliphatic hydroxyl groups excluding tert-OH is 1. The fourth-order valence-corrected chi connectivity index (χ4v) is 4.14. The number of ether oxygens (including phenoxy) is 2. The first kappa shape index (κ1) is 20.5. The van der Waals surface area contributed by atoms with Crippen LogP contribution in [-0.2, 0) is 6.54 Å². The number of nitrogens with one attached hydrogen (secondary N) is 2. The van der Waals surface area contributed by atoms with Crippen molar-refractivity contribution in [1.29, 1.82) is 0 Å². The molecule has 3 N–H and O–H groups in total. The third-order valence-corrected chi connectivity index (χ3v) is 5.75. The van der Waals surface area contributed by atoms with Gasteiger partial charge in [0.25, 0.3) is 5.56 Å². The Labute approximate surface area is 175 Å². The van der Waals surface area contributed by atoms with Crippen LogP contribution in [0.1, 0.15) is 44.1 Å². The van der Waals surface area contributed by atoms with Crippen LogP contribution in [0.15, 0.2) is 23.0 Å². The van der Waals surface area contributed by atoms with Gasteiger partial charge in [-0.15, -0.1) is 0 Å². The normalized spacial score (nSPS) is 16.4. The molecule has 4 rings (SSSR count). The number of benzene rings is 1. The highest BCUT2D eigenvalue weighted by Gasteiger charge is 2.21. The van der Waals surface area contributed by atoms with Gasteiger partial charge < -0.3 is 29.8 Å². The van der Waals surface area contributed by atoms with Gasteiger partial charge in [-0.25, -0.2) is 4.79 Å². The fourth-order valence-electron chi connectivity index (χ4n) is 4.14. The van der Waals surface area contributed by atoms with E-state index < -0.39 is 0 Å². The van der Waals surface area contributed by atoms with Crippen LogP contribution >= 0.6 is 0 Å². The third kappa shape index (κ3) is 4.70. The summed E-state index contributed by atoms with van der Waals surface area (Å²) in [4.78, 5) is 30.1. The zero-order valence-corrected chi connectivity index (χ0v) is 17.1. The molecule has 1 aliphatic carbocycles. The molecule has 162 valence electrons. The van der Waals surface area contributed by atoms with E-state index in [9.17, 15) is 14.7 Å². The third-order valence-electron chi connectivity index (χ3n) is 5.75. The monoisotopic (exact) mass is 415 g/mol. The maximum Gasteiger partial charge on any atom is 0.317 e. The average Bonchev–Trinajstić information content (AvgIpc) is 2.76. The molecule has 0 radical (unpaired) electrons. The van der Waals surface area contributed by atoms with Crippen molar-refractivity contribution < 1.29 is 19.4 Å². The molecule has 0 spiro atoms. The summed E-state index contributed by atoms with van der Waals surface area (Å²) < 4.78 is 11.2. The number of aliphatic hydroxyl groups is 1. The van der Waals surface area contributed by atoms with Crippen LogP contribution in [0.4, 0.5) is 4.79 Å². The number of carbonyl (C=O) groups excluding carboxylic acids is 1. The van der Waals surface area contributed by atoms with E-state index in [0.717, 1.165) is 31.1 Å². The molecule has 8 heteroatoms. The van der Waals surface area contributed by atoms with Crippen LogP contribution in [0.25, 0.3) is 10.9 Å². The van der Waals surface area contributed by atoms with Crippen LogP contribution in [0.3, 0.4) is 0 Å². The van der Waals surface area contributed by atoms with Gasteiger partial charge in [0.2, 0.25) is 0 Å². The molecule has 2 amide bonds. The van der Waals surface area contributed by atoms with Crippen molar-refractivity contribution in [3.63, 3.8) is 0 Å². The molecule has 8 nitrogen and oxygen atoms in total. The highest BCUT2D eigenvalue weighted by atomic mass is 16.6. The lowest BCUT2D eigenvalue weighted by atomic mass is 9.96. The summed E-state index contributed by atoms with van der Waals surface area (Å²) in [5.41, 5.74) is 0.927. The van der Waals surface area contributed by atoms with Crippen LogP contribution in [-0.4, -0.2) is 53.4 Å². The van der Waals surface area contributed by atoms with Crippen LogP contribution in [0.5, 0.6) is 11.5 Å². The second-order valence-corrected chi connectivity index (χ2v) is 7.99. The number of carbonyl (C=O) groups is 1. The van der Waals surface area contributed by atoms with Crippen molar-refractivity contribution >= 4 is 16.9 Å². The standard InChI is InChI=1S/C22H29N3O5/c26-8-4-7-25(22(28)23-17-5-2-1-3-6-17)14-16-11-15-12-19-20(30-10-9-29-19)13-18(15)24-21(16)27/h11-13,17,26H,1-10,14H2,(H,23,28)(H,24,27). The first-order valence-electron chi connectivity index (χ1n) is 10.8. The smallest absolute Gasteiger partial charge is 0.317 e. The number of pyridine rings is 1. The molecule has 2 aromatic rings. The molecule has 1 aromatic carbocycles. The van der Waals surface area contributed by atoms with Crippen molar-refractivity contribution in [3.05, 3.63) is 34.1 Å². The SMILES string of the molecule is O=C(NC1CCCCC1)N(CCCO)Cc1cc2cc3c(cc2[nH]c1=O)OCCO3. The molecule has 30 heavy (non-hydrogen) atoms. The highest BCUT2D eigenvalue weighted by molar-refractivity contribution is 5.83. The van der Waals surface area contributed by atoms with Gasteiger partial charge in [-0.3, -0.25) is 4.79 Å². The molecule has 1 saturated carbocycles. The molecule has 0 saturated heterocycles. The molecule has 2 heterocycles. The van der Waals surface area contributed by atoms with Gasteiger partial charge in [-0.05, 0) is 31.4 Å². The quantitative estimate of drug-likeness (QED) is 0.673. The largest absolute Gasteiger partial charge is 0.486 e. The van der Waals surface area contributed by atoms with E-state index in [0.29, 0.717) is 48.8 Å². The second kappa shape index (κ2) is 9.38. The topological polar surface area (TPSA) is 104 Å². The van der Waals surface area contributed by atoms with Crippen LogP contribution < -0.4 is 20.3 Å². The molecule has 0 unspecified atom stereocenters. The number of H-pyrrole nitrogens is 1. The second-order valence-electron chi connectivity index (χ2n) is 7.99. The summed E-state index contributed by atoms with van der Waals surface area (Å²) in [5.74, 6) is 1.27. The highest BCUT2D eigenvalue weighted by Crippen LogP contribution is 2.33. The van der Waals surface area contributed by atoms with E-state index in [1.807, 2.05) is 6.07 Å². The number of hydrogen-bond acceptors (Lipinski definition) is 5. The van der Waals surface area contributed by atoms with Crippen molar-refractivity contribution in [2.45, 2.75) is 51.1 Å². The zero-order valence-electron chi connectivity index (χ0n) is 17.1. The summed E-state index contributed by atoms with van der Waals surface area (Å²) in [6.45, 7) is 1.53. The number of nitrogens with zero attached hydrogens (tertiary/aromatic N) is 1. The Morgan fingerprint density at radius 2 is 1.87 bits per heavy atom. The molecular weight excluding hydrogens is 386 g/mol. The zero-order chi connectivity index (χ0) is 20.9. The van der Waals surface area contributed by atoms with Crippen molar-refractivity contribution in [2.24, 2.45) is 0 Å². The average molecular weight is 415 g/mol. The molecule has 1 aromatic heterocycles. The van der Waals surface area contributed by atoms with Crippen molar-refractivity contribution in [1.82, 2.24) is 15.2 Å². The number of fused-ring (bicyclic) bond motifs is 2. The minimum absolute atomic E-state index is 0.00916. The van der Waals surface area contributed by atoms with Gasteiger partial charge in [0, 0.05) is 36.2 Å². The van der Waals surface area contributed by atoms with Crippen molar-refractivity contribution in [3.8, 4) is 11.5 Å². The summed E-state index contributed by atoms with van der Waals surface area (Å²) in [6, 6.07) is 5.42. The lowest BCUT2D eigenvalue weighted by molar-refractivity contribution is 0.172. The Hall–Kier alpha value is -2.74. The Morgan fingerprint density at radius 3 is 2.60 bits per heavy atom. The first-order chi connectivity index (χ1) is 14.6. The lowest BCUT2D eigenvalue weighted by Gasteiger charge is -2.28. The predicted molar refractivity (Wildman–Crippen MR) is 113 cm³/mol. The Bertz CT molecular complexity index is 952. The van der Waals surface area contributed by atoms with Crippen LogP contribution in [0.2, 0.25) is 0 Å². The van der Waals surface area contributed by atoms with Gasteiger partial charge in [-0.2, -0.15) is 0 Å². The first-order valence-corrected chi connectivity index (χ1v) is 10.8. The molecule has 0 bridgehead atoms. The number of amides is 2. The minimum atomic E-state index is -0.237. The summed E-state index contributed by atoms with van der Waals surface area (Å²) in [5, 5.41) is 13.2. The number of aromatic nitrogens is 1. The number of hydrogen-bond donors (Lipinski definition) is 3. The maximum atomic E-state index is 12.9. The van der Waals surface area contributed by atoms with E-state index in [1.165, 1.54) is 6.42 Å². The Kier molecular flexibility index (Phi) is 6.42. The van der Waals surface area contributed by atoms with Gasteiger partial charge >= 0.3 is 6.03 Å². The maximum absolute atomic E-state index is 12.9. The number of rotatable bonds is 6. The van der Waals surface area contributed by atoms with Gasteiger partial charge in [0.05, 0.1) is 12.1 Å². The van der Waals surface area contributed by atoms with E-state index >= 15 is 0 Å². The van der Waals surface area contributed by atoms with E-state index in [-0.39, 0.29) is 30.8 Å². The summed E-state index contributed by atoms with van der Waals surface area (Å²) >= 11 is 0. The molecular formula is C22H29N3O5. The Morgan fingerprint density at radius 1 is 1.13 bits per heavy atom. The Balaban J connectivity index is 1.55. The fraction of sp³-hybridized carbons (Fsp3) is 0.545. The predicted octanol–water partition coefficient (Wildman–Crippen LogP) is 2.53. The summed E-state index contributed by atoms with van der Waals surface area (Å²) in [7, 11) is 0. The van der Waals surface area contributed by atoms with Crippen LogP contribution in [0, 0.1) is 0 Å². The molecule has 2 aliphatic rings. The number of aromatic amines is 1. The van der Waals surface area contributed by atoms with Gasteiger partial charge in [0.1, 0.15) is 13.2 Å². The molecule has 0 atom stereocenters. The minimum Gasteiger partial charge on any atom is -0.486 e. The lowest BCUT2D eigenvalue weighted by Crippen LogP contribution is -2.46. The molecule has 1 fully saturated rings. The van der Waals surface area contributed by atoms with E-state index in [2.05, 4.69) is 10.3 Å². The van der Waals surface area contributed by atoms with E-state index in [1.54, 1.807) is 17.0 Å². The molecule has 1 aliphatic heterocycles. The van der Waals surface area contributed by atoms with Gasteiger partial charge in [0.15, 0.2) is 11.5 Å². The number of urea groups is 1. The summed E-state index contributed by atoms with van der Waals surface area (Å²) in [6.07, 6.45) is 5.91. The van der Waals surface area contributed by atoms with Gasteiger partial charge in [-0.1, -0.05) is 19.3 Å². The van der Waals surface area contributed by atoms with Crippen molar-refractivity contribution in [2.75, 3.05) is 26.4 Å². The van der Waals surface area contributed by atoms with E-state index in [4.69, 9.17) is 9.47 Å².